The molecule has 0 saturated carbocycles. The van der Waals surface area contributed by atoms with Gasteiger partial charge in [-0.15, -0.1) is 0 Å². The summed E-state index contributed by atoms with van der Waals surface area (Å²) < 4.78 is 10.8. The minimum absolute atomic E-state index is 0.153. The minimum atomic E-state index is -0.916. The number of nitrogens with one attached hydrogen (secondary N) is 1. The fourth-order valence-electron chi connectivity index (χ4n) is 4.54. The van der Waals surface area contributed by atoms with E-state index in [2.05, 4.69) is 5.32 Å². The van der Waals surface area contributed by atoms with Gasteiger partial charge in [-0.1, -0.05) is 42.5 Å². The highest BCUT2D eigenvalue weighted by Crippen LogP contribution is 2.40. The molecule has 0 aliphatic carbocycles. The molecule has 0 spiro atoms. The Morgan fingerprint density at radius 3 is 2.43 bits per heavy atom. The third-order valence-electron chi connectivity index (χ3n) is 6.19. The number of dihydropyridines is 1. The molecule has 1 unspecified atom stereocenters. The van der Waals surface area contributed by atoms with Gasteiger partial charge in [0.2, 0.25) is 0 Å². The topological polar surface area (TPSA) is 111 Å². The molecule has 1 atom stereocenters. The summed E-state index contributed by atoms with van der Waals surface area (Å²) in [4.78, 5) is 39.3. The van der Waals surface area contributed by atoms with Crippen molar-refractivity contribution in [3.63, 3.8) is 0 Å². The van der Waals surface area contributed by atoms with Crippen LogP contribution in [0.1, 0.15) is 30.9 Å². The van der Waals surface area contributed by atoms with Crippen molar-refractivity contribution in [3.05, 3.63) is 122 Å². The highest BCUT2D eigenvalue weighted by atomic mass is 16.6. The molecule has 0 aromatic heterocycles. The lowest BCUT2D eigenvalue weighted by atomic mass is 9.80. The second-order valence-electron chi connectivity index (χ2n) is 8.73. The number of carbonyl (C=O) groups is 2. The van der Waals surface area contributed by atoms with Crippen LogP contribution in [-0.2, 0) is 25.6 Å². The fourth-order valence-corrected chi connectivity index (χ4v) is 4.54. The normalized spacial score (nSPS) is 17.2. The van der Waals surface area contributed by atoms with E-state index in [-0.39, 0.29) is 16.8 Å². The molecule has 1 N–H and O–H groups in total. The number of nitrogens with zero attached hydrogens (tertiary/aromatic N) is 2. The number of rotatable bonds is 7. The molecule has 0 fully saturated rings. The van der Waals surface area contributed by atoms with Gasteiger partial charge in [0.15, 0.2) is 0 Å². The predicted molar refractivity (Wildman–Crippen MR) is 137 cm³/mol. The number of non-ortho nitro benzene ring substituents is 1. The first-order valence-corrected chi connectivity index (χ1v) is 11.7. The van der Waals surface area contributed by atoms with Crippen molar-refractivity contribution in [2.24, 2.45) is 0 Å². The number of nitro benzene ring substituents is 1. The Bertz CT molecular complexity index is 1360. The van der Waals surface area contributed by atoms with E-state index < -0.39 is 22.8 Å². The van der Waals surface area contributed by atoms with Gasteiger partial charge < -0.3 is 19.7 Å². The van der Waals surface area contributed by atoms with Crippen molar-refractivity contribution >= 4 is 17.6 Å². The third kappa shape index (κ3) is 5.61. The maximum Gasteiger partial charge on any atom is 0.341 e. The number of allylic oxidation sites excluding steroid dienone is 4. The Kier molecular flexibility index (Phi) is 7.52. The van der Waals surface area contributed by atoms with E-state index in [4.69, 9.17) is 9.47 Å². The molecule has 190 valence electrons. The highest BCUT2D eigenvalue weighted by Gasteiger charge is 2.38. The maximum atomic E-state index is 13.6. The van der Waals surface area contributed by atoms with Crippen LogP contribution in [0.15, 0.2) is 101 Å². The van der Waals surface area contributed by atoms with E-state index in [0.717, 1.165) is 5.56 Å². The average Bonchev–Trinajstić information content (AvgIpc) is 2.88. The van der Waals surface area contributed by atoms with Crippen LogP contribution in [0.5, 0.6) is 0 Å². The molecule has 4 rings (SSSR count). The SMILES string of the molecule is COC(=O)C1=C(C)NC(C)=C(C(=O)OC2=CC=CN(Cc3ccccc3)C2)C1c1cccc([N+](=O)[O-])c1. The summed E-state index contributed by atoms with van der Waals surface area (Å²) in [5.41, 5.74) is 2.71. The van der Waals surface area contributed by atoms with Crippen LogP contribution in [0.25, 0.3) is 0 Å². The molecular weight excluding hydrogens is 474 g/mol. The number of methoxy groups -OCH3 is 1. The summed E-state index contributed by atoms with van der Waals surface area (Å²) in [5.74, 6) is -1.78. The molecule has 2 aliphatic heterocycles. The van der Waals surface area contributed by atoms with Crippen molar-refractivity contribution in [1.82, 2.24) is 10.2 Å². The van der Waals surface area contributed by atoms with Crippen LogP contribution in [0.3, 0.4) is 0 Å². The van der Waals surface area contributed by atoms with Crippen LogP contribution in [-0.4, -0.2) is 35.4 Å². The molecule has 0 amide bonds. The Balaban J connectivity index is 1.64. The van der Waals surface area contributed by atoms with Gasteiger partial charge in [-0.2, -0.15) is 0 Å². The summed E-state index contributed by atoms with van der Waals surface area (Å²) in [6.07, 6.45) is 5.44. The first-order valence-electron chi connectivity index (χ1n) is 11.7. The zero-order valence-corrected chi connectivity index (χ0v) is 20.8. The molecule has 0 saturated heterocycles. The number of nitro groups is 1. The highest BCUT2D eigenvalue weighted by molar-refractivity contribution is 6.00. The second-order valence-corrected chi connectivity index (χ2v) is 8.73. The smallest absolute Gasteiger partial charge is 0.341 e. The van der Waals surface area contributed by atoms with Crippen molar-refractivity contribution in [2.75, 3.05) is 13.7 Å². The van der Waals surface area contributed by atoms with Gasteiger partial charge in [0.1, 0.15) is 5.76 Å². The van der Waals surface area contributed by atoms with Crippen molar-refractivity contribution < 1.29 is 24.0 Å². The van der Waals surface area contributed by atoms with E-state index in [1.807, 2.05) is 41.4 Å². The summed E-state index contributed by atoms with van der Waals surface area (Å²) in [5, 5.41) is 14.5. The van der Waals surface area contributed by atoms with E-state index >= 15 is 0 Å². The van der Waals surface area contributed by atoms with E-state index in [0.29, 0.717) is 35.8 Å². The van der Waals surface area contributed by atoms with Crippen molar-refractivity contribution in [1.29, 1.82) is 0 Å². The number of hydrogen-bond acceptors (Lipinski definition) is 8. The third-order valence-corrected chi connectivity index (χ3v) is 6.19. The molecule has 2 aliphatic rings. The molecule has 0 bridgehead atoms. The van der Waals surface area contributed by atoms with Gasteiger partial charge in [0.05, 0.1) is 35.6 Å². The molecule has 9 nitrogen and oxygen atoms in total. The van der Waals surface area contributed by atoms with Crippen LogP contribution >= 0.6 is 0 Å². The van der Waals surface area contributed by atoms with E-state index in [1.165, 1.54) is 25.3 Å². The Hall–Kier alpha value is -4.66. The number of carbonyl (C=O) groups excluding carboxylic acids is 2. The summed E-state index contributed by atoms with van der Waals surface area (Å²) >= 11 is 0. The first-order chi connectivity index (χ1) is 17.8. The minimum Gasteiger partial charge on any atom is -0.466 e. The first kappa shape index (κ1) is 25.4. The molecule has 0 radical (unpaired) electrons. The Morgan fingerprint density at radius 2 is 1.76 bits per heavy atom. The van der Waals surface area contributed by atoms with E-state index in [9.17, 15) is 19.7 Å². The second kappa shape index (κ2) is 10.9. The average molecular weight is 502 g/mol. The standard InChI is InChI=1S/C28H27N3O6/c1-18-24(27(32)36-3)26(21-11-7-12-22(15-21)31(34)35)25(19(2)29-18)28(33)37-23-13-8-14-30(17-23)16-20-9-5-4-6-10-20/h4-15,26,29H,16-17H2,1-3H3. The van der Waals surface area contributed by atoms with Gasteiger partial charge in [0, 0.05) is 30.1 Å². The molecular formula is C28H27N3O6. The summed E-state index contributed by atoms with van der Waals surface area (Å²) in [7, 11) is 1.25. The van der Waals surface area contributed by atoms with Gasteiger partial charge in [-0.25, -0.2) is 9.59 Å². The summed E-state index contributed by atoms with van der Waals surface area (Å²) in [6, 6.07) is 15.8. The number of benzene rings is 2. The molecule has 2 heterocycles. The van der Waals surface area contributed by atoms with E-state index in [1.54, 1.807) is 32.1 Å². The lowest BCUT2D eigenvalue weighted by molar-refractivity contribution is -0.384. The lowest BCUT2D eigenvalue weighted by Gasteiger charge is -2.31. The van der Waals surface area contributed by atoms with Crippen molar-refractivity contribution in [2.45, 2.75) is 26.3 Å². The fraction of sp³-hybridized carbons (Fsp3) is 0.214. The van der Waals surface area contributed by atoms with Gasteiger partial charge in [-0.3, -0.25) is 10.1 Å². The maximum absolute atomic E-state index is 13.6. The van der Waals surface area contributed by atoms with Gasteiger partial charge in [0.25, 0.3) is 5.69 Å². The Morgan fingerprint density at radius 1 is 1.05 bits per heavy atom. The molecule has 2 aromatic rings. The van der Waals surface area contributed by atoms with Crippen LogP contribution < -0.4 is 5.32 Å². The molecule has 37 heavy (non-hydrogen) atoms. The van der Waals surface area contributed by atoms with Crippen molar-refractivity contribution in [3.8, 4) is 0 Å². The quantitative estimate of drug-likeness (QED) is 0.336. The molecule has 9 heteroatoms. The molecule has 2 aromatic carbocycles. The largest absolute Gasteiger partial charge is 0.466 e. The van der Waals surface area contributed by atoms with Gasteiger partial charge >= 0.3 is 11.9 Å². The number of ether oxygens (including phenoxy) is 2. The van der Waals surface area contributed by atoms with Crippen LogP contribution in [0.4, 0.5) is 5.69 Å². The number of esters is 2. The monoisotopic (exact) mass is 501 g/mol. The zero-order chi connectivity index (χ0) is 26.5. The number of hydrogen-bond donors (Lipinski definition) is 1. The van der Waals surface area contributed by atoms with Crippen LogP contribution in [0, 0.1) is 10.1 Å². The van der Waals surface area contributed by atoms with Crippen LogP contribution in [0.2, 0.25) is 0 Å². The summed E-state index contributed by atoms with van der Waals surface area (Å²) in [6.45, 7) is 4.41. The van der Waals surface area contributed by atoms with Gasteiger partial charge in [-0.05, 0) is 43.3 Å². The zero-order valence-electron chi connectivity index (χ0n) is 20.8. The lowest BCUT2D eigenvalue weighted by Crippen LogP contribution is -2.33. The predicted octanol–water partition coefficient (Wildman–Crippen LogP) is 4.46. The Labute approximate surface area is 214 Å².